The molecule has 2 nitrogen and oxygen atoms in total. The number of aromatic nitrogens is 1. The third kappa shape index (κ3) is 2.16. The second-order valence-corrected chi connectivity index (χ2v) is 6.07. The average molecular weight is 238 g/mol. The molecule has 1 N–H and O–H groups in total. The molecule has 1 aliphatic rings. The van der Waals surface area contributed by atoms with E-state index < -0.39 is 0 Å². The minimum absolute atomic E-state index is 0.130. The first kappa shape index (κ1) is 12.1. The summed E-state index contributed by atoms with van der Waals surface area (Å²) < 4.78 is 0. The summed E-state index contributed by atoms with van der Waals surface area (Å²) in [6.45, 7) is 8.82. The molecule has 0 radical (unpaired) electrons. The maximum atomic E-state index is 4.76. The van der Waals surface area contributed by atoms with Crippen molar-refractivity contribution in [1.82, 2.24) is 10.3 Å². The van der Waals surface area contributed by atoms with Crippen molar-refractivity contribution in [2.24, 2.45) is 0 Å². The molecule has 2 rings (SSSR count). The van der Waals surface area contributed by atoms with E-state index >= 15 is 0 Å². The second kappa shape index (κ2) is 4.46. The molecule has 0 aliphatic heterocycles. The lowest BCUT2D eigenvalue weighted by molar-refractivity contribution is 0.303. The predicted octanol–water partition coefficient (Wildman–Crippen LogP) is 3.53. The van der Waals surface area contributed by atoms with Gasteiger partial charge >= 0.3 is 0 Å². The van der Waals surface area contributed by atoms with E-state index in [0.717, 1.165) is 18.9 Å². The van der Waals surface area contributed by atoms with Crippen LogP contribution in [0.4, 0.5) is 0 Å². The van der Waals surface area contributed by atoms with Gasteiger partial charge in [0.2, 0.25) is 0 Å². The van der Waals surface area contributed by atoms with Gasteiger partial charge in [-0.15, -0.1) is 11.3 Å². The summed E-state index contributed by atoms with van der Waals surface area (Å²) in [7, 11) is 0. The highest BCUT2D eigenvalue weighted by Crippen LogP contribution is 2.36. The maximum absolute atomic E-state index is 4.76. The number of rotatable bonds is 5. The molecule has 3 heteroatoms. The number of nitrogens with zero attached hydrogens (tertiary/aromatic N) is 1. The van der Waals surface area contributed by atoms with Crippen molar-refractivity contribution < 1.29 is 0 Å². The molecule has 0 amide bonds. The summed E-state index contributed by atoms with van der Waals surface area (Å²) in [6.07, 6.45) is 4.94. The van der Waals surface area contributed by atoms with Crippen molar-refractivity contribution in [2.75, 3.05) is 0 Å². The zero-order valence-electron chi connectivity index (χ0n) is 10.8. The van der Waals surface area contributed by atoms with Crippen LogP contribution in [0, 0.1) is 13.8 Å². The topological polar surface area (TPSA) is 24.9 Å². The van der Waals surface area contributed by atoms with Gasteiger partial charge in [0.15, 0.2) is 0 Å². The van der Waals surface area contributed by atoms with Gasteiger partial charge in [-0.25, -0.2) is 4.98 Å². The van der Waals surface area contributed by atoms with Gasteiger partial charge in [-0.2, -0.15) is 0 Å². The Morgan fingerprint density at radius 2 is 1.94 bits per heavy atom. The Morgan fingerprint density at radius 3 is 2.31 bits per heavy atom. The Labute approximate surface area is 102 Å². The first-order valence-electron chi connectivity index (χ1n) is 6.33. The Hall–Kier alpha value is -0.410. The zero-order valence-corrected chi connectivity index (χ0v) is 11.6. The van der Waals surface area contributed by atoms with E-state index in [1.807, 2.05) is 11.3 Å². The number of thiazole rings is 1. The van der Waals surface area contributed by atoms with Gasteiger partial charge in [-0.05, 0) is 39.5 Å². The van der Waals surface area contributed by atoms with Gasteiger partial charge in [-0.3, -0.25) is 0 Å². The van der Waals surface area contributed by atoms with Crippen molar-refractivity contribution in [2.45, 2.75) is 65.0 Å². The fourth-order valence-corrected chi connectivity index (χ4v) is 3.32. The smallest absolute Gasteiger partial charge is 0.113 e. The lowest BCUT2D eigenvalue weighted by Gasteiger charge is -2.31. The molecule has 1 saturated carbocycles. The molecule has 0 atom stereocenters. The minimum atomic E-state index is 0.130. The average Bonchev–Trinajstić information content (AvgIpc) is 3.03. The van der Waals surface area contributed by atoms with Crippen molar-refractivity contribution >= 4 is 11.3 Å². The third-order valence-corrected chi connectivity index (χ3v) is 4.98. The molecule has 1 aliphatic carbocycles. The van der Waals surface area contributed by atoms with Crippen LogP contribution in [0.5, 0.6) is 0 Å². The standard InChI is InChI=1S/C13H22N2S/c1-5-13(6-2,15-11-7-8-11)12-14-9(3)10(4)16-12/h11,15H,5-8H2,1-4H3. The quantitative estimate of drug-likeness (QED) is 0.849. The normalized spacial score (nSPS) is 16.8. The molecule has 16 heavy (non-hydrogen) atoms. The second-order valence-electron chi connectivity index (χ2n) is 4.87. The number of hydrogen-bond donors (Lipinski definition) is 1. The predicted molar refractivity (Wildman–Crippen MR) is 70.0 cm³/mol. The van der Waals surface area contributed by atoms with E-state index in [4.69, 9.17) is 4.98 Å². The highest BCUT2D eigenvalue weighted by Gasteiger charge is 2.37. The summed E-state index contributed by atoms with van der Waals surface area (Å²) in [6, 6.07) is 0.740. The lowest BCUT2D eigenvalue weighted by atomic mass is 9.93. The summed E-state index contributed by atoms with van der Waals surface area (Å²) in [5.41, 5.74) is 1.33. The van der Waals surface area contributed by atoms with E-state index in [0.29, 0.717) is 0 Å². The highest BCUT2D eigenvalue weighted by molar-refractivity contribution is 7.11. The summed E-state index contributed by atoms with van der Waals surface area (Å²) in [4.78, 5) is 6.12. The molecular weight excluding hydrogens is 216 g/mol. The summed E-state index contributed by atoms with van der Waals surface area (Å²) >= 11 is 1.87. The monoisotopic (exact) mass is 238 g/mol. The number of aryl methyl sites for hydroxylation is 2. The summed E-state index contributed by atoms with van der Waals surface area (Å²) in [5.74, 6) is 0. The molecule has 0 aromatic carbocycles. The van der Waals surface area contributed by atoms with Crippen LogP contribution in [-0.2, 0) is 5.54 Å². The van der Waals surface area contributed by atoms with E-state index in [1.165, 1.54) is 28.4 Å². The third-order valence-electron chi connectivity index (χ3n) is 3.70. The van der Waals surface area contributed by atoms with Crippen LogP contribution >= 0.6 is 11.3 Å². The van der Waals surface area contributed by atoms with Gasteiger partial charge in [0, 0.05) is 10.9 Å². The zero-order chi connectivity index (χ0) is 11.8. The molecule has 0 unspecified atom stereocenters. The Kier molecular flexibility index (Phi) is 3.36. The Balaban J connectivity index is 2.28. The fourth-order valence-electron chi connectivity index (χ4n) is 2.11. The van der Waals surface area contributed by atoms with Crippen LogP contribution in [0.3, 0.4) is 0 Å². The van der Waals surface area contributed by atoms with E-state index in [9.17, 15) is 0 Å². The first-order chi connectivity index (χ1) is 7.61. The van der Waals surface area contributed by atoms with Crippen molar-refractivity contribution in [3.63, 3.8) is 0 Å². The van der Waals surface area contributed by atoms with Crippen LogP contribution in [0.15, 0.2) is 0 Å². The van der Waals surface area contributed by atoms with Crippen LogP contribution in [-0.4, -0.2) is 11.0 Å². The first-order valence-corrected chi connectivity index (χ1v) is 7.15. The molecule has 90 valence electrons. The Morgan fingerprint density at radius 1 is 1.31 bits per heavy atom. The number of hydrogen-bond acceptors (Lipinski definition) is 3. The molecule has 0 bridgehead atoms. The van der Waals surface area contributed by atoms with E-state index in [-0.39, 0.29) is 5.54 Å². The van der Waals surface area contributed by atoms with Crippen molar-refractivity contribution in [3.05, 3.63) is 15.6 Å². The molecule has 0 saturated heterocycles. The lowest BCUT2D eigenvalue weighted by Crippen LogP contribution is -2.42. The molecule has 1 aromatic rings. The van der Waals surface area contributed by atoms with Crippen LogP contribution < -0.4 is 5.32 Å². The van der Waals surface area contributed by atoms with Crippen LogP contribution in [0.1, 0.15) is 55.1 Å². The fraction of sp³-hybridized carbons (Fsp3) is 0.769. The van der Waals surface area contributed by atoms with Crippen LogP contribution in [0.25, 0.3) is 0 Å². The molecule has 1 heterocycles. The van der Waals surface area contributed by atoms with Crippen LogP contribution in [0.2, 0.25) is 0 Å². The van der Waals surface area contributed by atoms with Crippen molar-refractivity contribution in [1.29, 1.82) is 0 Å². The largest absolute Gasteiger partial charge is 0.303 e. The SMILES string of the molecule is CCC(CC)(NC1CC1)c1nc(C)c(C)s1. The number of nitrogens with one attached hydrogen (secondary N) is 1. The summed E-state index contributed by atoms with van der Waals surface area (Å²) in [5, 5.41) is 5.10. The van der Waals surface area contributed by atoms with Gasteiger partial charge in [0.05, 0.1) is 11.2 Å². The molecule has 1 aromatic heterocycles. The van der Waals surface area contributed by atoms with Crippen molar-refractivity contribution in [3.8, 4) is 0 Å². The maximum Gasteiger partial charge on any atom is 0.113 e. The minimum Gasteiger partial charge on any atom is -0.303 e. The van der Waals surface area contributed by atoms with E-state index in [2.05, 4.69) is 33.0 Å². The Bertz CT molecular complexity index is 343. The van der Waals surface area contributed by atoms with E-state index in [1.54, 1.807) is 0 Å². The van der Waals surface area contributed by atoms with Gasteiger partial charge in [0.1, 0.15) is 5.01 Å². The van der Waals surface area contributed by atoms with Gasteiger partial charge in [0.25, 0.3) is 0 Å². The molecule has 1 fully saturated rings. The molecule has 0 spiro atoms. The highest BCUT2D eigenvalue weighted by atomic mass is 32.1. The van der Waals surface area contributed by atoms with Gasteiger partial charge < -0.3 is 5.32 Å². The van der Waals surface area contributed by atoms with Gasteiger partial charge in [-0.1, -0.05) is 13.8 Å². The molecular formula is C13H22N2S.